The van der Waals surface area contributed by atoms with Gasteiger partial charge in [0.1, 0.15) is 5.82 Å². The van der Waals surface area contributed by atoms with Gasteiger partial charge >= 0.3 is 0 Å². The van der Waals surface area contributed by atoms with E-state index in [1.165, 1.54) is 22.4 Å². The first-order valence-corrected chi connectivity index (χ1v) is 13.4. The Bertz CT molecular complexity index is 1220. The third kappa shape index (κ3) is 6.88. The van der Waals surface area contributed by atoms with Gasteiger partial charge in [-0.05, 0) is 73.0 Å². The number of carbonyl (C=O) groups excluding carboxylic acids is 2. The number of nitrogens with two attached hydrogens (primary N) is 1. The van der Waals surface area contributed by atoms with E-state index in [9.17, 15) is 9.18 Å². The minimum Gasteiger partial charge on any atom is -0.372 e. The number of amides is 2. The second-order valence-electron chi connectivity index (χ2n) is 9.96. The first-order valence-electron chi connectivity index (χ1n) is 13.4. The maximum absolute atomic E-state index is 14.3. The number of halogens is 1. The van der Waals surface area contributed by atoms with Crippen LogP contribution in [0.15, 0.2) is 60.7 Å². The number of hydrogen-bond donors (Lipinski definition) is 3. The molecule has 1 unspecified atom stereocenters. The van der Waals surface area contributed by atoms with E-state index in [2.05, 4.69) is 75.6 Å². The van der Waals surface area contributed by atoms with Crippen LogP contribution in [0.5, 0.6) is 0 Å². The lowest BCUT2D eigenvalue weighted by atomic mass is 9.92. The van der Waals surface area contributed by atoms with Gasteiger partial charge in [0.25, 0.3) is 0 Å². The molecule has 2 heterocycles. The number of anilines is 1. The predicted octanol–water partition coefficient (Wildman–Crippen LogP) is 3.58. The van der Waals surface area contributed by atoms with Gasteiger partial charge in [0.15, 0.2) is 0 Å². The van der Waals surface area contributed by atoms with Crippen molar-refractivity contribution >= 4 is 28.8 Å². The van der Waals surface area contributed by atoms with Crippen LogP contribution >= 0.6 is 0 Å². The maximum atomic E-state index is 14.3. The first kappa shape index (κ1) is 27.5. The molecule has 0 aliphatic carbocycles. The van der Waals surface area contributed by atoms with E-state index in [-0.39, 0.29) is 24.1 Å². The molecule has 0 spiro atoms. The fraction of sp³-hybridized carbons (Fsp3) is 0.400. The van der Waals surface area contributed by atoms with Crippen molar-refractivity contribution in [2.75, 3.05) is 44.2 Å². The van der Waals surface area contributed by atoms with E-state index < -0.39 is 0 Å². The van der Waals surface area contributed by atoms with Gasteiger partial charge in [-0.3, -0.25) is 14.5 Å². The van der Waals surface area contributed by atoms with Crippen molar-refractivity contribution in [3.8, 4) is 0 Å². The monoisotopic (exact) mass is 519 g/mol. The van der Waals surface area contributed by atoms with Gasteiger partial charge in [0.2, 0.25) is 12.3 Å². The predicted molar refractivity (Wildman–Crippen MR) is 150 cm³/mol. The summed E-state index contributed by atoms with van der Waals surface area (Å²) < 4.78 is 14.3. The molecule has 0 radical (unpaired) electrons. The molecular formula is C30H38FN5O2. The van der Waals surface area contributed by atoms with Gasteiger partial charge in [-0.2, -0.15) is 0 Å². The highest BCUT2D eigenvalue weighted by molar-refractivity contribution is 5.86. The lowest BCUT2D eigenvalue weighted by Crippen LogP contribution is -2.43. The van der Waals surface area contributed by atoms with Crippen LogP contribution in [0.1, 0.15) is 36.9 Å². The Kier molecular flexibility index (Phi) is 9.67. The topological polar surface area (TPSA) is 90.7 Å². The molecule has 7 nitrogen and oxygen atoms in total. The van der Waals surface area contributed by atoms with Gasteiger partial charge in [-0.15, -0.1) is 0 Å². The van der Waals surface area contributed by atoms with Crippen LogP contribution in [-0.2, 0) is 16.1 Å². The molecule has 2 fully saturated rings. The highest BCUT2D eigenvalue weighted by Gasteiger charge is 2.28. The van der Waals surface area contributed by atoms with Gasteiger partial charge in [-0.25, -0.2) is 4.39 Å². The summed E-state index contributed by atoms with van der Waals surface area (Å²) in [7, 11) is 0. The van der Waals surface area contributed by atoms with Crippen molar-refractivity contribution in [1.29, 1.82) is 0 Å². The zero-order chi connectivity index (χ0) is 26.9. The van der Waals surface area contributed by atoms with Crippen LogP contribution in [-0.4, -0.2) is 56.5 Å². The lowest BCUT2D eigenvalue weighted by Gasteiger charge is -2.36. The minimum atomic E-state index is -0.249. The second-order valence-corrected chi connectivity index (χ2v) is 9.96. The molecule has 0 aromatic heterocycles. The molecule has 5 rings (SSSR count). The Balaban J connectivity index is 0.00000107. The SMILES string of the molecule is CC(c1cccc2ccccc12)N1CCC(C(=O)NCc2cc(F)cc(N3CCNCC3)c2)CC1.NC=O. The molecule has 0 bridgehead atoms. The number of carbonyl (C=O) groups is 2. The van der Waals surface area contributed by atoms with Crippen molar-refractivity contribution in [1.82, 2.24) is 15.5 Å². The zero-order valence-electron chi connectivity index (χ0n) is 22.0. The lowest BCUT2D eigenvalue weighted by molar-refractivity contribution is -0.126. The third-order valence-corrected chi connectivity index (χ3v) is 7.61. The molecule has 38 heavy (non-hydrogen) atoms. The molecule has 1 atom stereocenters. The highest BCUT2D eigenvalue weighted by Crippen LogP contribution is 2.31. The van der Waals surface area contributed by atoms with Gasteiger partial charge in [0.05, 0.1) is 0 Å². The summed E-state index contributed by atoms with van der Waals surface area (Å²) in [5.74, 6) is -0.163. The van der Waals surface area contributed by atoms with E-state index in [1.54, 1.807) is 6.07 Å². The third-order valence-electron chi connectivity index (χ3n) is 7.61. The number of nitrogens with one attached hydrogen (secondary N) is 2. The van der Waals surface area contributed by atoms with Crippen LogP contribution in [0.25, 0.3) is 10.8 Å². The largest absolute Gasteiger partial charge is 0.372 e. The summed E-state index contributed by atoms with van der Waals surface area (Å²) in [6, 6.07) is 20.5. The molecule has 202 valence electrons. The fourth-order valence-corrected chi connectivity index (χ4v) is 5.53. The molecule has 3 aromatic carbocycles. The Morgan fingerprint density at radius 3 is 2.50 bits per heavy atom. The second kappa shape index (κ2) is 13.3. The molecular weight excluding hydrogens is 481 g/mol. The van der Waals surface area contributed by atoms with Crippen molar-refractivity contribution < 1.29 is 14.0 Å². The molecule has 4 N–H and O–H groups in total. The normalized spacial score (nSPS) is 17.4. The highest BCUT2D eigenvalue weighted by atomic mass is 19.1. The summed E-state index contributed by atoms with van der Waals surface area (Å²) in [6.07, 6.45) is 1.94. The van der Waals surface area contributed by atoms with Crippen LogP contribution in [0, 0.1) is 11.7 Å². The van der Waals surface area contributed by atoms with Gasteiger partial charge in [-0.1, -0.05) is 42.5 Å². The molecule has 0 saturated carbocycles. The zero-order valence-corrected chi connectivity index (χ0v) is 22.0. The Morgan fingerprint density at radius 1 is 1.08 bits per heavy atom. The number of piperidine rings is 1. The van der Waals surface area contributed by atoms with Gasteiger partial charge in [0, 0.05) is 50.4 Å². The number of likely N-dealkylation sites (tertiary alicyclic amines) is 1. The maximum Gasteiger partial charge on any atom is 0.223 e. The Morgan fingerprint density at radius 2 is 1.76 bits per heavy atom. The molecule has 2 saturated heterocycles. The Hall–Kier alpha value is -3.49. The number of piperazine rings is 1. The van der Waals surface area contributed by atoms with Gasteiger partial charge < -0.3 is 21.3 Å². The summed E-state index contributed by atoms with van der Waals surface area (Å²) in [6.45, 7) is 7.96. The molecule has 2 aliphatic rings. The smallest absolute Gasteiger partial charge is 0.223 e. The van der Waals surface area contributed by atoms with Crippen molar-refractivity contribution in [2.24, 2.45) is 11.7 Å². The number of benzene rings is 3. The average molecular weight is 520 g/mol. The molecule has 2 aliphatic heterocycles. The van der Waals surface area contributed by atoms with E-state index in [1.807, 2.05) is 6.07 Å². The Labute approximate surface area is 224 Å². The molecule has 8 heteroatoms. The van der Waals surface area contributed by atoms with E-state index in [4.69, 9.17) is 4.79 Å². The van der Waals surface area contributed by atoms with E-state index in [0.29, 0.717) is 12.6 Å². The van der Waals surface area contributed by atoms with Crippen LogP contribution in [0.3, 0.4) is 0 Å². The number of primary amides is 1. The van der Waals surface area contributed by atoms with Crippen molar-refractivity contribution in [3.63, 3.8) is 0 Å². The summed E-state index contributed by atoms with van der Waals surface area (Å²) in [5, 5.41) is 8.96. The van der Waals surface area contributed by atoms with Crippen molar-refractivity contribution in [3.05, 3.63) is 77.6 Å². The summed E-state index contributed by atoms with van der Waals surface area (Å²) in [4.78, 5) is 26.2. The first-order chi connectivity index (χ1) is 18.5. The van der Waals surface area contributed by atoms with Crippen LogP contribution in [0.2, 0.25) is 0 Å². The van der Waals surface area contributed by atoms with E-state index >= 15 is 0 Å². The minimum absolute atomic E-state index is 0.00664. The van der Waals surface area contributed by atoms with Crippen LogP contribution in [0.4, 0.5) is 10.1 Å². The average Bonchev–Trinajstić information content (AvgIpc) is 2.96. The number of rotatable bonds is 6. The fourth-order valence-electron chi connectivity index (χ4n) is 5.53. The molecule has 2 amide bonds. The van der Waals surface area contributed by atoms with E-state index in [0.717, 1.165) is 63.4 Å². The standard InChI is InChI=1S/C29H35FN4O.CH3NO/c1-21(27-8-4-6-23-5-2-3-7-28(23)27)33-13-9-24(10-14-33)29(35)32-20-22-17-25(30)19-26(18-22)34-15-11-31-12-16-34;2-1-3/h2-8,17-19,21,24,31H,9-16,20H2,1H3,(H,32,35);1H,(H2,2,3). The number of nitrogens with zero attached hydrogens (tertiary/aromatic N) is 2. The number of fused-ring (bicyclic) bond motifs is 1. The molecule has 3 aromatic rings. The summed E-state index contributed by atoms with van der Waals surface area (Å²) in [5.41, 5.74) is 7.22. The number of hydrogen-bond acceptors (Lipinski definition) is 5. The van der Waals surface area contributed by atoms with Crippen LogP contribution < -0.4 is 21.3 Å². The quantitative estimate of drug-likeness (QED) is 0.433. The summed E-state index contributed by atoms with van der Waals surface area (Å²) >= 11 is 0. The van der Waals surface area contributed by atoms with Crippen molar-refractivity contribution in [2.45, 2.75) is 32.4 Å².